The van der Waals surface area contributed by atoms with Crippen LogP contribution in [-0.2, 0) is 12.7 Å². The van der Waals surface area contributed by atoms with Gasteiger partial charge in [-0.2, -0.15) is 13.2 Å². The van der Waals surface area contributed by atoms with Gasteiger partial charge in [-0.25, -0.2) is 0 Å². The Morgan fingerprint density at radius 2 is 1.81 bits per heavy atom. The first-order chi connectivity index (χ1) is 9.53. The lowest BCUT2D eigenvalue weighted by Gasteiger charge is -2.22. The molecule has 120 valence electrons. The molecule has 0 saturated carbocycles. The maximum atomic E-state index is 13.2. The van der Waals surface area contributed by atoms with Crippen molar-refractivity contribution in [2.75, 3.05) is 0 Å². The van der Waals surface area contributed by atoms with Crippen molar-refractivity contribution in [1.82, 2.24) is 5.32 Å². The number of benzene rings is 1. The smallest absolute Gasteiger partial charge is 0.308 e. The summed E-state index contributed by atoms with van der Waals surface area (Å²) in [7, 11) is 0. The van der Waals surface area contributed by atoms with Crippen molar-refractivity contribution in [2.24, 2.45) is 0 Å². The third-order valence-electron chi connectivity index (χ3n) is 3.08. The molecule has 1 rings (SSSR count). The van der Waals surface area contributed by atoms with Crippen LogP contribution in [0.2, 0.25) is 0 Å². The number of hydrogen-bond acceptors (Lipinski definition) is 2. The van der Waals surface area contributed by atoms with E-state index in [-0.39, 0.29) is 10.8 Å². The van der Waals surface area contributed by atoms with Crippen LogP contribution >= 0.6 is 11.8 Å². The molecule has 0 aromatic heterocycles. The maximum Gasteiger partial charge on any atom is 0.417 e. The molecular weight excluding hydrogens is 295 g/mol. The van der Waals surface area contributed by atoms with E-state index in [0.717, 1.165) is 6.42 Å². The predicted molar refractivity (Wildman–Crippen MR) is 83.6 cm³/mol. The highest BCUT2D eigenvalue weighted by Crippen LogP contribution is 2.39. The quantitative estimate of drug-likeness (QED) is 0.721. The van der Waals surface area contributed by atoms with Crippen molar-refractivity contribution in [2.45, 2.75) is 69.4 Å². The van der Waals surface area contributed by atoms with Gasteiger partial charge in [-0.1, -0.05) is 19.9 Å². The Morgan fingerprint density at radius 1 is 1.19 bits per heavy atom. The zero-order chi connectivity index (χ0) is 16.3. The molecule has 0 fully saturated rings. The van der Waals surface area contributed by atoms with Crippen LogP contribution in [-0.4, -0.2) is 10.8 Å². The van der Waals surface area contributed by atoms with E-state index in [1.807, 2.05) is 34.6 Å². The Labute approximate surface area is 129 Å². The molecule has 1 aromatic rings. The average molecular weight is 319 g/mol. The Kier molecular flexibility index (Phi) is 6.17. The van der Waals surface area contributed by atoms with Gasteiger partial charge in [0.1, 0.15) is 0 Å². The maximum absolute atomic E-state index is 13.2. The Balaban J connectivity index is 3.02. The molecule has 0 radical (unpaired) electrons. The van der Waals surface area contributed by atoms with E-state index in [9.17, 15) is 13.2 Å². The standard InChI is InChI=1S/C16H24F3NS/c1-6-11(2)21-14-8-7-12(10-20-15(3,4)5)9-13(14)16(17,18)19/h7-9,11,20H,6,10H2,1-5H3. The van der Waals surface area contributed by atoms with Crippen molar-refractivity contribution >= 4 is 11.8 Å². The van der Waals surface area contributed by atoms with E-state index in [0.29, 0.717) is 17.0 Å². The van der Waals surface area contributed by atoms with Crippen LogP contribution in [0.25, 0.3) is 0 Å². The summed E-state index contributed by atoms with van der Waals surface area (Å²) in [6.07, 6.45) is -3.47. The van der Waals surface area contributed by atoms with Crippen LogP contribution in [0.4, 0.5) is 13.2 Å². The number of rotatable bonds is 5. The first-order valence-corrected chi connectivity index (χ1v) is 8.02. The van der Waals surface area contributed by atoms with Gasteiger partial charge in [0.15, 0.2) is 0 Å². The summed E-state index contributed by atoms with van der Waals surface area (Å²) >= 11 is 1.29. The van der Waals surface area contributed by atoms with E-state index in [4.69, 9.17) is 0 Å². The van der Waals surface area contributed by atoms with Gasteiger partial charge in [-0.3, -0.25) is 0 Å². The van der Waals surface area contributed by atoms with Crippen LogP contribution in [0.3, 0.4) is 0 Å². The molecule has 1 nitrogen and oxygen atoms in total. The van der Waals surface area contributed by atoms with Crippen LogP contribution in [0, 0.1) is 0 Å². The van der Waals surface area contributed by atoms with E-state index in [1.54, 1.807) is 12.1 Å². The Bertz CT molecular complexity index is 464. The highest BCUT2D eigenvalue weighted by atomic mass is 32.2. The lowest BCUT2D eigenvalue weighted by atomic mass is 10.1. The second-order valence-electron chi connectivity index (χ2n) is 6.27. The van der Waals surface area contributed by atoms with Crippen LogP contribution in [0.1, 0.15) is 52.2 Å². The van der Waals surface area contributed by atoms with Crippen molar-refractivity contribution in [1.29, 1.82) is 0 Å². The second-order valence-corrected chi connectivity index (χ2v) is 7.75. The molecule has 0 aliphatic rings. The van der Waals surface area contributed by atoms with Gasteiger partial charge >= 0.3 is 6.18 Å². The minimum absolute atomic E-state index is 0.122. The Hall–Kier alpha value is -0.680. The monoisotopic (exact) mass is 319 g/mol. The molecule has 1 N–H and O–H groups in total. The van der Waals surface area contributed by atoms with Gasteiger partial charge in [-0.05, 0) is 44.9 Å². The number of nitrogens with one attached hydrogen (secondary N) is 1. The molecule has 0 aliphatic carbocycles. The summed E-state index contributed by atoms with van der Waals surface area (Å²) in [5, 5.41) is 3.39. The highest BCUT2D eigenvalue weighted by Gasteiger charge is 2.34. The number of thioether (sulfide) groups is 1. The molecule has 0 amide bonds. The zero-order valence-electron chi connectivity index (χ0n) is 13.3. The SMILES string of the molecule is CCC(C)Sc1ccc(CNC(C)(C)C)cc1C(F)(F)F. The molecule has 21 heavy (non-hydrogen) atoms. The first kappa shape index (κ1) is 18.4. The van der Waals surface area contributed by atoms with Crippen LogP contribution in [0.5, 0.6) is 0 Å². The number of alkyl halides is 3. The molecule has 5 heteroatoms. The van der Waals surface area contributed by atoms with Crippen LogP contribution < -0.4 is 5.32 Å². The topological polar surface area (TPSA) is 12.0 Å². The van der Waals surface area contributed by atoms with Gasteiger partial charge in [0.05, 0.1) is 5.56 Å². The molecule has 0 saturated heterocycles. The summed E-state index contributed by atoms with van der Waals surface area (Å²) in [5.74, 6) is 0. The van der Waals surface area contributed by atoms with E-state index < -0.39 is 11.7 Å². The molecule has 0 spiro atoms. The fourth-order valence-electron chi connectivity index (χ4n) is 1.68. The third-order valence-corrected chi connectivity index (χ3v) is 4.42. The van der Waals surface area contributed by atoms with Gasteiger partial charge in [0.25, 0.3) is 0 Å². The molecular formula is C16H24F3NS. The second kappa shape index (κ2) is 7.05. The lowest BCUT2D eigenvalue weighted by molar-refractivity contribution is -0.139. The molecule has 0 bridgehead atoms. The third kappa shape index (κ3) is 6.30. The van der Waals surface area contributed by atoms with E-state index >= 15 is 0 Å². The summed E-state index contributed by atoms with van der Waals surface area (Å²) in [5.41, 5.74) is 0.00878. The van der Waals surface area contributed by atoms with E-state index in [1.165, 1.54) is 17.8 Å². The minimum atomic E-state index is -4.31. The van der Waals surface area contributed by atoms with Gasteiger partial charge in [0, 0.05) is 22.2 Å². The van der Waals surface area contributed by atoms with Crippen molar-refractivity contribution in [3.63, 3.8) is 0 Å². The summed E-state index contributed by atoms with van der Waals surface area (Å²) < 4.78 is 39.7. The van der Waals surface area contributed by atoms with Crippen molar-refractivity contribution < 1.29 is 13.2 Å². The normalized spacial score (nSPS) is 14.3. The molecule has 0 heterocycles. The minimum Gasteiger partial charge on any atom is -0.308 e. The molecule has 0 aliphatic heterocycles. The fraction of sp³-hybridized carbons (Fsp3) is 0.625. The molecule has 1 aromatic carbocycles. The summed E-state index contributed by atoms with van der Waals surface area (Å²) in [6, 6.07) is 4.64. The van der Waals surface area contributed by atoms with Gasteiger partial charge < -0.3 is 5.32 Å². The van der Waals surface area contributed by atoms with Crippen molar-refractivity contribution in [3.05, 3.63) is 29.3 Å². The largest absolute Gasteiger partial charge is 0.417 e. The highest BCUT2D eigenvalue weighted by molar-refractivity contribution is 8.00. The molecule has 1 unspecified atom stereocenters. The average Bonchev–Trinajstić information content (AvgIpc) is 2.35. The van der Waals surface area contributed by atoms with E-state index in [2.05, 4.69) is 5.32 Å². The zero-order valence-corrected chi connectivity index (χ0v) is 14.1. The number of hydrogen-bond donors (Lipinski definition) is 1. The fourth-order valence-corrected chi connectivity index (χ4v) is 2.73. The van der Waals surface area contributed by atoms with Crippen molar-refractivity contribution in [3.8, 4) is 0 Å². The first-order valence-electron chi connectivity index (χ1n) is 7.14. The van der Waals surface area contributed by atoms with Gasteiger partial charge in [0.2, 0.25) is 0 Å². The summed E-state index contributed by atoms with van der Waals surface area (Å²) in [4.78, 5) is 0.316. The van der Waals surface area contributed by atoms with Crippen LogP contribution in [0.15, 0.2) is 23.1 Å². The molecule has 1 atom stereocenters. The number of halogens is 3. The predicted octanol–water partition coefficient (Wildman–Crippen LogP) is 5.48. The lowest BCUT2D eigenvalue weighted by Crippen LogP contribution is -2.35. The Morgan fingerprint density at radius 3 is 2.29 bits per heavy atom. The van der Waals surface area contributed by atoms with Gasteiger partial charge in [-0.15, -0.1) is 11.8 Å². The summed E-state index contributed by atoms with van der Waals surface area (Å²) in [6.45, 7) is 10.3.